The number of hydrogen-bond donors (Lipinski definition) is 0. The van der Waals surface area contributed by atoms with E-state index in [1.807, 2.05) is 0 Å². The third-order valence-corrected chi connectivity index (χ3v) is 2.40. The van der Waals surface area contributed by atoms with Gasteiger partial charge in [-0.1, -0.05) is 11.6 Å². The zero-order valence-corrected chi connectivity index (χ0v) is 9.23. The number of carbonyl (C=O) groups excluding carboxylic acids is 1. The summed E-state index contributed by atoms with van der Waals surface area (Å²) in [4.78, 5) is 22.1. The molecular weight excluding hydrogens is 244 g/mol. The number of fused-ring (bicyclic) bond motifs is 1. The summed E-state index contributed by atoms with van der Waals surface area (Å²) in [5.41, 5.74) is 0.178. The highest BCUT2D eigenvalue weighted by molar-refractivity contribution is 6.31. The topological polar surface area (TPSA) is 70.3 Å². The van der Waals surface area contributed by atoms with E-state index in [0.717, 1.165) is 12.2 Å². The standard InChI is InChI=1S/C12H7ClO4/c13-8-2-3-9-10(5-8)17-6-7(12(9)16)1-4-11(14)15/h1-6H,(H,14,15)/p-1/b4-1+. The largest absolute Gasteiger partial charge is 0.545 e. The molecule has 0 bridgehead atoms. The molecule has 5 heteroatoms. The van der Waals surface area contributed by atoms with Crippen LogP contribution in [-0.2, 0) is 4.79 Å². The summed E-state index contributed by atoms with van der Waals surface area (Å²) >= 11 is 5.75. The Hall–Kier alpha value is -2.07. The third kappa shape index (κ3) is 2.37. The van der Waals surface area contributed by atoms with Gasteiger partial charge in [0.05, 0.1) is 16.9 Å². The van der Waals surface area contributed by atoms with Crippen LogP contribution in [0.1, 0.15) is 5.56 Å². The van der Waals surface area contributed by atoms with Gasteiger partial charge in [-0.05, 0) is 24.3 Å². The van der Waals surface area contributed by atoms with E-state index in [0.29, 0.717) is 16.0 Å². The average molecular weight is 250 g/mol. The molecule has 0 aliphatic rings. The van der Waals surface area contributed by atoms with Gasteiger partial charge in [0.2, 0.25) is 0 Å². The average Bonchev–Trinajstić information content (AvgIpc) is 2.27. The molecule has 0 aliphatic heterocycles. The number of benzene rings is 1. The Bertz CT molecular complexity index is 670. The fourth-order valence-corrected chi connectivity index (χ4v) is 1.55. The second kappa shape index (κ2) is 4.43. The van der Waals surface area contributed by atoms with E-state index >= 15 is 0 Å². The van der Waals surface area contributed by atoms with Crippen molar-refractivity contribution in [2.45, 2.75) is 0 Å². The summed E-state index contributed by atoms with van der Waals surface area (Å²) in [6.07, 6.45) is 3.09. The molecule has 17 heavy (non-hydrogen) atoms. The molecule has 0 spiro atoms. The first-order valence-corrected chi connectivity index (χ1v) is 5.06. The highest BCUT2D eigenvalue weighted by Crippen LogP contribution is 2.17. The van der Waals surface area contributed by atoms with Crippen molar-refractivity contribution in [1.82, 2.24) is 0 Å². The maximum Gasteiger partial charge on any atom is 0.199 e. The minimum Gasteiger partial charge on any atom is -0.545 e. The molecule has 0 radical (unpaired) electrons. The van der Waals surface area contributed by atoms with Crippen molar-refractivity contribution in [2.24, 2.45) is 0 Å². The van der Waals surface area contributed by atoms with Crippen molar-refractivity contribution in [3.8, 4) is 0 Å². The first-order chi connectivity index (χ1) is 8.08. The van der Waals surface area contributed by atoms with Gasteiger partial charge >= 0.3 is 0 Å². The molecular formula is C12H6ClO4-. The summed E-state index contributed by atoms with van der Waals surface area (Å²) in [6.45, 7) is 0. The molecule has 1 aromatic carbocycles. The molecule has 1 heterocycles. The molecule has 0 fully saturated rings. The number of carboxylic acids is 1. The van der Waals surface area contributed by atoms with Crippen molar-refractivity contribution >= 4 is 34.6 Å². The van der Waals surface area contributed by atoms with E-state index in [9.17, 15) is 14.7 Å². The summed E-state index contributed by atoms with van der Waals surface area (Å²) in [5, 5.41) is 11.0. The Balaban J connectivity index is 2.62. The zero-order chi connectivity index (χ0) is 12.4. The zero-order valence-electron chi connectivity index (χ0n) is 8.48. The molecule has 86 valence electrons. The molecule has 0 aliphatic carbocycles. The maximum absolute atomic E-state index is 11.9. The van der Waals surface area contributed by atoms with Gasteiger partial charge in [-0.2, -0.15) is 0 Å². The molecule has 1 aromatic heterocycles. The van der Waals surface area contributed by atoms with Gasteiger partial charge in [0.25, 0.3) is 0 Å². The highest BCUT2D eigenvalue weighted by atomic mass is 35.5. The van der Waals surface area contributed by atoms with Gasteiger partial charge in [-0.25, -0.2) is 0 Å². The Labute approximate surface area is 101 Å². The fraction of sp³-hybridized carbons (Fsp3) is 0. The molecule has 0 saturated heterocycles. The van der Waals surface area contributed by atoms with Crippen LogP contribution >= 0.6 is 11.6 Å². The molecule has 4 nitrogen and oxygen atoms in total. The Morgan fingerprint density at radius 3 is 2.88 bits per heavy atom. The van der Waals surface area contributed by atoms with Crippen LogP contribution in [-0.4, -0.2) is 5.97 Å². The monoisotopic (exact) mass is 249 g/mol. The van der Waals surface area contributed by atoms with Crippen molar-refractivity contribution < 1.29 is 14.3 Å². The van der Waals surface area contributed by atoms with Crippen LogP contribution in [0.4, 0.5) is 0 Å². The Morgan fingerprint density at radius 2 is 2.18 bits per heavy atom. The number of aliphatic carboxylic acids is 1. The number of hydrogen-bond acceptors (Lipinski definition) is 4. The molecule has 0 saturated carbocycles. The molecule has 0 N–H and O–H groups in total. The lowest BCUT2D eigenvalue weighted by atomic mass is 10.1. The molecule has 2 aromatic rings. The Morgan fingerprint density at radius 1 is 1.41 bits per heavy atom. The summed E-state index contributed by atoms with van der Waals surface area (Å²) in [7, 11) is 0. The second-order valence-electron chi connectivity index (χ2n) is 3.31. The van der Waals surface area contributed by atoms with Crippen LogP contribution in [0, 0.1) is 0 Å². The fourth-order valence-electron chi connectivity index (χ4n) is 1.39. The van der Waals surface area contributed by atoms with E-state index in [1.54, 1.807) is 6.07 Å². The van der Waals surface area contributed by atoms with Crippen LogP contribution in [0.3, 0.4) is 0 Å². The molecule has 0 amide bonds. The second-order valence-corrected chi connectivity index (χ2v) is 3.75. The van der Waals surface area contributed by atoms with Crippen LogP contribution in [0.2, 0.25) is 5.02 Å². The van der Waals surface area contributed by atoms with E-state index in [4.69, 9.17) is 16.0 Å². The summed E-state index contributed by atoms with van der Waals surface area (Å²) < 4.78 is 5.19. The molecule has 0 atom stereocenters. The number of carbonyl (C=O) groups is 1. The van der Waals surface area contributed by atoms with Gasteiger partial charge in [-0.3, -0.25) is 4.79 Å². The third-order valence-electron chi connectivity index (χ3n) is 2.16. The van der Waals surface area contributed by atoms with Gasteiger partial charge in [-0.15, -0.1) is 0 Å². The van der Waals surface area contributed by atoms with Crippen molar-refractivity contribution in [2.75, 3.05) is 0 Å². The van der Waals surface area contributed by atoms with Crippen LogP contribution in [0.5, 0.6) is 0 Å². The lowest BCUT2D eigenvalue weighted by Crippen LogP contribution is -2.18. The summed E-state index contributed by atoms with van der Waals surface area (Å²) in [6, 6.07) is 4.61. The van der Waals surface area contributed by atoms with Gasteiger partial charge in [0.1, 0.15) is 11.8 Å². The van der Waals surface area contributed by atoms with Crippen molar-refractivity contribution in [3.63, 3.8) is 0 Å². The van der Waals surface area contributed by atoms with E-state index in [-0.39, 0.29) is 11.0 Å². The van der Waals surface area contributed by atoms with Crippen LogP contribution < -0.4 is 10.5 Å². The van der Waals surface area contributed by atoms with Gasteiger partial charge in [0, 0.05) is 11.1 Å². The lowest BCUT2D eigenvalue weighted by molar-refractivity contribution is -0.297. The normalized spacial score (nSPS) is 11.1. The minimum absolute atomic E-state index is 0.143. The number of rotatable bonds is 2. The van der Waals surface area contributed by atoms with Crippen LogP contribution in [0.25, 0.3) is 17.0 Å². The minimum atomic E-state index is -1.37. The van der Waals surface area contributed by atoms with Crippen molar-refractivity contribution in [1.29, 1.82) is 0 Å². The first kappa shape index (κ1) is 11.4. The van der Waals surface area contributed by atoms with E-state index in [2.05, 4.69) is 0 Å². The van der Waals surface area contributed by atoms with Crippen LogP contribution in [0.15, 0.2) is 39.7 Å². The van der Waals surface area contributed by atoms with E-state index in [1.165, 1.54) is 18.4 Å². The lowest BCUT2D eigenvalue weighted by Gasteiger charge is -1.99. The quantitative estimate of drug-likeness (QED) is 0.750. The highest BCUT2D eigenvalue weighted by Gasteiger charge is 2.04. The maximum atomic E-state index is 11.9. The number of carboxylic acid groups (broad SMARTS) is 1. The van der Waals surface area contributed by atoms with Gasteiger partial charge < -0.3 is 14.3 Å². The predicted molar refractivity (Wildman–Crippen MR) is 61.5 cm³/mol. The Kier molecular flexibility index (Phi) is 2.97. The van der Waals surface area contributed by atoms with Gasteiger partial charge in [0.15, 0.2) is 5.43 Å². The molecule has 2 rings (SSSR count). The number of halogens is 1. The predicted octanol–water partition coefficient (Wildman–Crippen LogP) is 1.21. The smallest absolute Gasteiger partial charge is 0.199 e. The van der Waals surface area contributed by atoms with Crippen molar-refractivity contribution in [3.05, 3.63) is 51.3 Å². The summed E-state index contributed by atoms with van der Waals surface area (Å²) in [5.74, 6) is -1.37. The first-order valence-electron chi connectivity index (χ1n) is 4.68. The van der Waals surface area contributed by atoms with E-state index < -0.39 is 5.97 Å². The SMILES string of the molecule is O=C([O-])/C=C/c1coc2cc(Cl)ccc2c1=O. The molecule has 0 unspecified atom stereocenters.